The zero-order chi connectivity index (χ0) is 26.1. The summed E-state index contributed by atoms with van der Waals surface area (Å²) in [4.78, 5) is 38.1. The molecule has 1 unspecified atom stereocenters. The maximum Gasteiger partial charge on any atom is 0.329 e. The van der Waals surface area contributed by atoms with Gasteiger partial charge in [-0.2, -0.15) is 0 Å². The van der Waals surface area contributed by atoms with Gasteiger partial charge in [-0.3, -0.25) is 14.5 Å². The number of hydrogen-bond donors (Lipinski definition) is 2. The monoisotopic (exact) mass is 504 g/mol. The van der Waals surface area contributed by atoms with E-state index < -0.39 is 11.3 Å². The smallest absolute Gasteiger partial charge is 0.329 e. The van der Waals surface area contributed by atoms with Crippen LogP contribution < -0.4 is 5.32 Å². The molecule has 188 valence electrons. The Morgan fingerprint density at radius 2 is 1.42 bits per heavy atom. The molecule has 1 N–H and O–H groups in total. The second kappa shape index (κ2) is 12.9. The number of benzene rings is 3. The number of rotatable bonds is 9. The molecular weight excluding hydrogens is 472 g/mol. The predicted molar refractivity (Wildman–Crippen MR) is 145 cm³/mol. The third-order valence-electron chi connectivity index (χ3n) is 5.72. The van der Waals surface area contributed by atoms with Crippen molar-refractivity contribution in [2.24, 2.45) is 5.92 Å². The lowest BCUT2D eigenvalue weighted by molar-refractivity contribution is -0.146. The highest BCUT2D eigenvalue weighted by Crippen LogP contribution is 2.20. The Hall–Kier alpha value is -3.58. The largest absolute Gasteiger partial charge is 0.460 e. The van der Waals surface area contributed by atoms with Crippen molar-refractivity contribution in [2.45, 2.75) is 46.3 Å². The average molecular weight is 505 g/mol. The minimum Gasteiger partial charge on any atom is -0.460 e. The summed E-state index contributed by atoms with van der Waals surface area (Å²) in [6, 6.07) is 23.6. The minimum absolute atomic E-state index is 0.0604. The zero-order valence-electron chi connectivity index (χ0n) is 20.8. The Morgan fingerprint density at radius 3 is 2.00 bits per heavy atom. The van der Waals surface area contributed by atoms with E-state index in [9.17, 15) is 14.4 Å². The predicted octanol–water partition coefficient (Wildman–Crippen LogP) is 6.82. The maximum absolute atomic E-state index is 12.6. The molecule has 6 nitrogen and oxygen atoms in total. The summed E-state index contributed by atoms with van der Waals surface area (Å²) in [5.41, 5.74) is 4.31. The van der Waals surface area contributed by atoms with Gasteiger partial charge in [-0.1, -0.05) is 93.2 Å². The molecule has 0 fully saturated rings. The molecule has 3 amide bonds. The van der Waals surface area contributed by atoms with Crippen molar-refractivity contribution < 1.29 is 19.1 Å². The Kier molecular flexibility index (Phi) is 9.70. The van der Waals surface area contributed by atoms with Crippen LogP contribution in [0.4, 0.5) is 15.3 Å². The van der Waals surface area contributed by atoms with Crippen LogP contribution in [0.3, 0.4) is 0 Å². The van der Waals surface area contributed by atoms with Crippen molar-refractivity contribution in [1.29, 1.82) is 0 Å². The van der Waals surface area contributed by atoms with Crippen molar-refractivity contribution in [3.63, 3.8) is 0 Å². The first-order valence-electron chi connectivity index (χ1n) is 11.9. The highest BCUT2D eigenvalue weighted by atomic mass is 32.1. The quantitative estimate of drug-likeness (QED) is 0.248. The second-order valence-corrected chi connectivity index (χ2v) is 9.53. The van der Waals surface area contributed by atoms with Gasteiger partial charge >= 0.3 is 12.0 Å². The number of carbonyl (C=O) groups is 3. The molecule has 0 spiro atoms. The van der Waals surface area contributed by atoms with Crippen LogP contribution in [-0.2, 0) is 29.1 Å². The fourth-order valence-electron chi connectivity index (χ4n) is 3.69. The molecule has 3 aromatic rings. The van der Waals surface area contributed by atoms with E-state index in [0.717, 1.165) is 28.0 Å². The molecule has 0 aromatic heterocycles. The van der Waals surface area contributed by atoms with Crippen LogP contribution >= 0.6 is 12.6 Å². The lowest BCUT2D eigenvalue weighted by atomic mass is 9.97. The first-order chi connectivity index (χ1) is 17.2. The molecule has 0 saturated heterocycles. The summed E-state index contributed by atoms with van der Waals surface area (Å²) in [5, 5.41) is 2.02. The fraction of sp³-hybridized carbons (Fsp3) is 0.276. The van der Waals surface area contributed by atoms with E-state index in [-0.39, 0.29) is 25.0 Å². The number of esters is 1. The molecule has 0 saturated carbocycles. The van der Waals surface area contributed by atoms with Gasteiger partial charge in [-0.25, -0.2) is 4.79 Å². The third kappa shape index (κ3) is 7.99. The number of nitrogens with zero attached hydrogens (tertiary/aromatic N) is 1. The van der Waals surface area contributed by atoms with Crippen molar-refractivity contribution in [3.8, 4) is 0 Å². The highest BCUT2D eigenvalue weighted by molar-refractivity contribution is 7.96. The number of thiol groups is 1. The van der Waals surface area contributed by atoms with Gasteiger partial charge < -0.3 is 10.1 Å². The van der Waals surface area contributed by atoms with Gasteiger partial charge in [-0.15, -0.1) is 0 Å². The van der Waals surface area contributed by atoms with Crippen LogP contribution in [0.2, 0.25) is 0 Å². The Balaban J connectivity index is 1.53. The zero-order valence-corrected chi connectivity index (χ0v) is 21.7. The van der Waals surface area contributed by atoms with Gasteiger partial charge in [0.1, 0.15) is 6.61 Å². The van der Waals surface area contributed by atoms with Gasteiger partial charge in [-0.05, 0) is 53.6 Å². The molecule has 1 atom stereocenters. The van der Waals surface area contributed by atoms with Crippen LogP contribution in [0, 0.1) is 5.92 Å². The van der Waals surface area contributed by atoms with Crippen LogP contribution in [-0.4, -0.2) is 22.1 Å². The number of nitrogens with one attached hydrogen (secondary N) is 1. The number of para-hydroxylation sites is 1. The number of imide groups is 1. The maximum atomic E-state index is 12.6. The highest BCUT2D eigenvalue weighted by Gasteiger charge is 2.20. The van der Waals surface area contributed by atoms with Gasteiger partial charge in [0, 0.05) is 5.69 Å². The molecule has 0 aliphatic carbocycles. The first-order valence-corrected chi connectivity index (χ1v) is 12.4. The molecule has 0 aliphatic heterocycles. The molecule has 0 bridgehead atoms. The van der Waals surface area contributed by atoms with E-state index >= 15 is 0 Å². The second-order valence-electron chi connectivity index (χ2n) is 9.15. The lowest BCUT2D eigenvalue weighted by Crippen LogP contribution is -2.36. The van der Waals surface area contributed by atoms with E-state index in [1.807, 2.05) is 37.3 Å². The number of amides is 3. The standard InChI is InChI=1S/C29H32N2O4S/c1-20(2)17-22-13-15-25(16-14-22)21(3)27(32)35-19-24-11-9-23(10-12-24)18-31(29(34)36)28(33)30-26-7-5-4-6-8-26/h4-16,20-21H,17-19H2,1-3H3,(H,30,33)(H,34,36). The van der Waals surface area contributed by atoms with Crippen LogP contribution in [0.25, 0.3) is 0 Å². The van der Waals surface area contributed by atoms with E-state index in [1.165, 1.54) is 5.56 Å². The number of urea groups is 1. The minimum atomic E-state index is -0.660. The molecule has 0 aliphatic rings. The molecular formula is C29H32N2O4S. The van der Waals surface area contributed by atoms with Gasteiger partial charge in [0.15, 0.2) is 0 Å². The molecule has 7 heteroatoms. The Bertz CT molecular complexity index is 1160. The third-order valence-corrected chi connectivity index (χ3v) is 5.96. The summed E-state index contributed by atoms with van der Waals surface area (Å²) < 4.78 is 5.52. The average Bonchev–Trinajstić information content (AvgIpc) is 2.86. The molecule has 0 radical (unpaired) electrons. The molecule has 3 rings (SSSR count). The Morgan fingerprint density at radius 1 is 0.833 bits per heavy atom. The number of ether oxygens (including phenoxy) is 1. The molecule has 36 heavy (non-hydrogen) atoms. The van der Waals surface area contributed by atoms with Crippen molar-refractivity contribution in [2.75, 3.05) is 5.32 Å². The van der Waals surface area contributed by atoms with Crippen LogP contribution in [0.5, 0.6) is 0 Å². The first kappa shape index (κ1) is 27.0. The van der Waals surface area contributed by atoms with Gasteiger partial charge in [0.25, 0.3) is 5.24 Å². The SMILES string of the molecule is CC(C)Cc1ccc(C(C)C(=O)OCc2ccc(CN(C(=O)S)C(=O)Nc3ccccc3)cc2)cc1. The summed E-state index contributed by atoms with van der Waals surface area (Å²) in [7, 11) is 0. The van der Waals surface area contributed by atoms with E-state index in [1.54, 1.807) is 36.4 Å². The van der Waals surface area contributed by atoms with Gasteiger partial charge in [0.05, 0.1) is 12.5 Å². The number of anilines is 1. The number of hydrogen-bond acceptors (Lipinski definition) is 4. The van der Waals surface area contributed by atoms with Crippen molar-refractivity contribution in [1.82, 2.24) is 4.90 Å². The summed E-state index contributed by atoms with van der Waals surface area (Å²) in [5.74, 6) is -0.0758. The lowest BCUT2D eigenvalue weighted by Gasteiger charge is -2.19. The summed E-state index contributed by atoms with van der Waals surface area (Å²) in [6.07, 6.45) is 1.01. The van der Waals surface area contributed by atoms with E-state index in [0.29, 0.717) is 11.6 Å². The van der Waals surface area contributed by atoms with Crippen LogP contribution in [0.1, 0.15) is 48.9 Å². The van der Waals surface area contributed by atoms with E-state index in [4.69, 9.17) is 4.74 Å². The molecule has 3 aromatic carbocycles. The summed E-state index contributed by atoms with van der Waals surface area (Å²) >= 11 is 3.84. The topological polar surface area (TPSA) is 75.7 Å². The Labute approximate surface area is 218 Å². The van der Waals surface area contributed by atoms with E-state index in [2.05, 4.69) is 43.9 Å². The van der Waals surface area contributed by atoms with Crippen molar-refractivity contribution >= 4 is 35.6 Å². The summed E-state index contributed by atoms with van der Waals surface area (Å²) in [6.45, 7) is 6.40. The number of carbonyl (C=O) groups excluding carboxylic acids is 3. The van der Waals surface area contributed by atoms with Crippen LogP contribution in [0.15, 0.2) is 78.9 Å². The fourth-order valence-corrected chi connectivity index (χ4v) is 3.85. The van der Waals surface area contributed by atoms with Gasteiger partial charge in [0.2, 0.25) is 0 Å². The normalized spacial score (nSPS) is 11.6. The molecule has 0 heterocycles. The van der Waals surface area contributed by atoms with Crippen molar-refractivity contribution in [3.05, 3.63) is 101 Å².